The molecule has 0 atom stereocenters. The molecule has 3 amide bonds. The van der Waals surface area contributed by atoms with Gasteiger partial charge in [-0.1, -0.05) is 36.6 Å². The van der Waals surface area contributed by atoms with Gasteiger partial charge in [0.2, 0.25) is 5.91 Å². The fraction of sp³-hybridized carbons (Fsp3) is 0.464. The van der Waals surface area contributed by atoms with E-state index in [9.17, 15) is 14.4 Å². The van der Waals surface area contributed by atoms with Gasteiger partial charge >= 0.3 is 0 Å². The highest BCUT2D eigenvalue weighted by Gasteiger charge is 2.30. The highest BCUT2D eigenvalue weighted by molar-refractivity contribution is 6.34. The quantitative estimate of drug-likeness (QED) is 0.574. The molecule has 2 aliphatic rings. The molecule has 2 aromatic carbocycles. The number of benzene rings is 2. The average Bonchev–Trinajstić information content (AvgIpc) is 3.44. The molecule has 2 aromatic rings. The first-order chi connectivity index (χ1) is 17.4. The van der Waals surface area contributed by atoms with Gasteiger partial charge in [0.05, 0.1) is 16.1 Å². The van der Waals surface area contributed by atoms with E-state index in [2.05, 4.69) is 10.2 Å². The van der Waals surface area contributed by atoms with Crippen molar-refractivity contribution in [2.24, 2.45) is 5.92 Å². The summed E-state index contributed by atoms with van der Waals surface area (Å²) in [6, 6.07) is 12.3. The number of carbonyl (C=O) groups excluding carboxylic acids is 3. The number of halogens is 1. The van der Waals surface area contributed by atoms with Gasteiger partial charge in [-0.2, -0.15) is 0 Å². The van der Waals surface area contributed by atoms with Crippen LogP contribution in [0.5, 0.6) is 0 Å². The summed E-state index contributed by atoms with van der Waals surface area (Å²) in [7, 11) is 0. The highest BCUT2D eigenvalue weighted by atomic mass is 35.5. The molecule has 1 N–H and O–H groups in total. The molecule has 1 heterocycles. The molecule has 7 nitrogen and oxygen atoms in total. The first kappa shape index (κ1) is 26.0. The maximum Gasteiger partial charge on any atom is 0.257 e. The van der Waals surface area contributed by atoms with Gasteiger partial charge in [0.1, 0.15) is 0 Å². The Bertz CT molecular complexity index is 1100. The van der Waals surface area contributed by atoms with Gasteiger partial charge in [0.25, 0.3) is 11.8 Å². The average molecular weight is 511 g/mol. The molecule has 36 heavy (non-hydrogen) atoms. The largest absolute Gasteiger partial charge is 0.367 e. The minimum absolute atomic E-state index is 0.0756. The zero-order valence-electron chi connectivity index (χ0n) is 21.1. The Morgan fingerprint density at radius 2 is 1.61 bits per heavy atom. The Balaban J connectivity index is 1.54. The monoisotopic (exact) mass is 510 g/mol. The molecular weight excluding hydrogens is 476 g/mol. The molecule has 4 rings (SSSR count). The van der Waals surface area contributed by atoms with E-state index < -0.39 is 0 Å². The van der Waals surface area contributed by atoms with E-state index in [0.717, 1.165) is 31.4 Å². The van der Waals surface area contributed by atoms with Gasteiger partial charge in [0, 0.05) is 56.6 Å². The van der Waals surface area contributed by atoms with E-state index in [-0.39, 0.29) is 23.6 Å². The number of hydrogen-bond acceptors (Lipinski definition) is 4. The predicted octanol–water partition coefficient (Wildman–Crippen LogP) is 4.91. The molecule has 0 radical (unpaired) electrons. The maximum absolute atomic E-state index is 13.5. The molecule has 192 valence electrons. The molecule has 1 saturated carbocycles. The molecule has 1 aliphatic carbocycles. The van der Waals surface area contributed by atoms with Gasteiger partial charge in [-0.15, -0.1) is 0 Å². The van der Waals surface area contributed by atoms with Crippen molar-refractivity contribution in [2.75, 3.05) is 49.5 Å². The number of amides is 3. The van der Waals surface area contributed by atoms with Crippen LogP contribution in [0.3, 0.4) is 0 Å². The summed E-state index contributed by atoms with van der Waals surface area (Å²) in [6.07, 6.45) is 4.30. The summed E-state index contributed by atoms with van der Waals surface area (Å²) < 4.78 is 0. The molecule has 0 bridgehead atoms. The zero-order valence-corrected chi connectivity index (χ0v) is 21.9. The van der Waals surface area contributed by atoms with Crippen LogP contribution in [0.15, 0.2) is 42.5 Å². The Hall–Kier alpha value is -3.06. The summed E-state index contributed by atoms with van der Waals surface area (Å²) in [5, 5.41) is 3.26. The summed E-state index contributed by atoms with van der Waals surface area (Å²) >= 11 is 6.19. The molecule has 0 unspecified atom stereocenters. The lowest BCUT2D eigenvalue weighted by Gasteiger charge is -2.38. The fourth-order valence-electron chi connectivity index (χ4n) is 5.18. The van der Waals surface area contributed by atoms with Crippen molar-refractivity contribution in [3.63, 3.8) is 0 Å². The van der Waals surface area contributed by atoms with Crippen LogP contribution in [0.2, 0.25) is 5.02 Å². The topological polar surface area (TPSA) is 73.0 Å². The second-order valence-electron chi connectivity index (χ2n) is 9.44. The van der Waals surface area contributed by atoms with E-state index >= 15 is 0 Å². The SMILES string of the molecule is CCN(CC)C(=O)c1cc(NC(=O)c2ccccc2Cl)ccc1N1CCN(C(=O)C2CCCC2)CC1. The summed E-state index contributed by atoms with van der Waals surface area (Å²) in [4.78, 5) is 45.1. The molecule has 0 aromatic heterocycles. The van der Waals surface area contributed by atoms with Crippen molar-refractivity contribution >= 4 is 40.7 Å². The number of piperazine rings is 1. The van der Waals surface area contributed by atoms with Crippen LogP contribution in [0.25, 0.3) is 0 Å². The smallest absolute Gasteiger partial charge is 0.257 e. The number of hydrogen-bond donors (Lipinski definition) is 1. The molecular formula is C28H35ClN4O3. The third-order valence-corrected chi connectivity index (χ3v) is 7.62. The van der Waals surface area contributed by atoms with Crippen LogP contribution in [0, 0.1) is 5.92 Å². The molecule has 0 spiro atoms. The number of nitrogens with zero attached hydrogens (tertiary/aromatic N) is 3. The number of anilines is 2. The van der Waals surface area contributed by atoms with Gasteiger partial charge < -0.3 is 20.0 Å². The van der Waals surface area contributed by atoms with Crippen LogP contribution in [0.4, 0.5) is 11.4 Å². The van der Waals surface area contributed by atoms with E-state index in [1.165, 1.54) is 0 Å². The fourth-order valence-corrected chi connectivity index (χ4v) is 5.41. The van der Waals surface area contributed by atoms with Crippen molar-refractivity contribution in [3.05, 3.63) is 58.6 Å². The van der Waals surface area contributed by atoms with Crippen LogP contribution < -0.4 is 10.2 Å². The van der Waals surface area contributed by atoms with Gasteiger partial charge in [-0.3, -0.25) is 14.4 Å². The van der Waals surface area contributed by atoms with Crippen LogP contribution in [-0.4, -0.2) is 66.8 Å². The number of rotatable bonds is 7. The lowest BCUT2D eigenvalue weighted by molar-refractivity contribution is -0.135. The Kier molecular flexibility index (Phi) is 8.52. The molecule has 1 aliphatic heterocycles. The van der Waals surface area contributed by atoms with Crippen LogP contribution in [0.1, 0.15) is 60.2 Å². The number of carbonyl (C=O) groups is 3. The van der Waals surface area contributed by atoms with Crippen molar-refractivity contribution in [1.29, 1.82) is 0 Å². The first-order valence-corrected chi connectivity index (χ1v) is 13.3. The first-order valence-electron chi connectivity index (χ1n) is 13.0. The van der Waals surface area contributed by atoms with Crippen molar-refractivity contribution in [3.8, 4) is 0 Å². The van der Waals surface area contributed by atoms with Crippen molar-refractivity contribution in [2.45, 2.75) is 39.5 Å². The van der Waals surface area contributed by atoms with Crippen molar-refractivity contribution < 1.29 is 14.4 Å². The normalized spacial score (nSPS) is 16.2. The van der Waals surface area contributed by atoms with Crippen LogP contribution in [-0.2, 0) is 4.79 Å². The molecule has 8 heteroatoms. The van der Waals surface area contributed by atoms with E-state index in [1.807, 2.05) is 30.9 Å². The van der Waals surface area contributed by atoms with Crippen molar-refractivity contribution in [1.82, 2.24) is 9.80 Å². The minimum atomic E-state index is -0.325. The standard InChI is InChI=1S/C28H35ClN4O3/c1-3-31(4-2)28(36)23-19-21(30-26(34)22-11-7-8-12-24(22)29)13-14-25(23)32-15-17-33(18-16-32)27(35)20-9-5-6-10-20/h7-8,11-14,19-20H,3-6,9-10,15-18H2,1-2H3,(H,30,34). The lowest BCUT2D eigenvalue weighted by atomic mass is 10.1. The third-order valence-electron chi connectivity index (χ3n) is 7.29. The Morgan fingerprint density at radius 3 is 2.25 bits per heavy atom. The summed E-state index contributed by atoms with van der Waals surface area (Å²) in [5.41, 5.74) is 2.29. The van der Waals surface area contributed by atoms with Gasteiger partial charge in [0.15, 0.2) is 0 Å². The Morgan fingerprint density at radius 1 is 0.944 bits per heavy atom. The van der Waals surface area contributed by atoms with E-state index in [1.54, 1.807) is 35.2 Å². The lowest BCUT2D eigenvalue weighted by Crippen LogP contribution is -2.50. The van der Waals surface area contributed by atoms with Gasteiger partial charge in [-0.25, -0.2) is 0 Å². The van der Waals surface area contributed by atoms with Crippen LogP contribution >= 0.6 is 11.6 Å². The van der Waals surface area contributed by atoms with E-state index in [4.69, 9.17) is 11.6 Å². The number of nitrogens with one attached hydrogen (secondary N) is 1. The Labute approximate surface area is 218 Å². The highest BCUT2D eigenvalue weighted by Crippen LogP contribution is 2.30. The summed E-state index contributed by atoms with van der Waals surface area (Å²) in [6.45, 7) is 7.74. The minimum Gasteiger partial charge on any atom is -0.367 e. The van der Waals surface area contributed by atoms with Gasteiger partial charge in [-0.05, 0) is 57.0 Å². The predicted molar refractivity (Wildman–Crippen MR) is 144 cm³/mol. The summed E-state index contributed by atoms with van der Waals surface area (Å²) in [5.74, 6) is 0.0588. The molecule has 1 saturated heterocycles. The molecule has 2 fully saturated rings. The zero-order chi connectivity index (χ0) is 25.7. The third kappa shape index (κ3) is 5.67. The maximum atomic E-state index is 13.5. The second kappa shape index (κ2) is 11.8. The van der Waals surface area contributed by atoms with E-state index in [0.29, 0.717) is 61.1 Å². The second-order valence-corrected chi connectivity index (χ2v) is 9.84.